The third kappa shape index (κ3) is 11.5. The van der Waals surface area contributed by atoms with E-state index in [4.69, 9.17) is 5.21 Å². The molecule has 0 radical (unpaired) electrons. The van der Waals surface area contributed by atoms with Crippen molar-refractivity contribution in [1.29, 1.82) is 0 Å². The highest BCUT2D eigenvalue weighted by Crippen LogP contribution is 2.11. The summed E-state index contributed by atoms with van der Waals surface area (Å²) in [5.74, 6) is 0. The van der Waals surface area contributed by atoms with Gasteiger partial charge >= 0.3 is 0 Å². The van der Waals surface area contributed by atoms with Gasteiger partial charge in [0.15, 0.2) is 0 Å². The van der Waals surface area contributed by atoms with Crippen molar-refractivity contribution in [3.8, 4) is 0 Å². The lowest BCUT2D eigenvalue weighted by atomic mass is 10.1. The SMILES string of the molecule is CCCCCCCCCCCC/C(C)=N/O. The van der Waals surface area contributed by atoms with Crippen molar-refractivity contribution in [2.45, 2.75) is 84.5 Å². The fourth-order valence-corrected chi connectivity index (χ4v) is 1.92. The molecular formula is C14H29NO. The Labute approximate surface area is 101 Å². The molecule has 0 saturated heterocycles. The van der Waals surface area contributed by atoms with Gasteiger partial charge in [-0.25, -0.2) is 0 Å². The fraction of sp³-hybridized carbons (Fsp3) is 0.929. The predicted molar refractivity (Wildman–Crippen MR) is 71.4 cm³/mol. The predicted octanol–water partition coefficient (Wildman–Crippen LogP) is 5.15. The van der Waals surface area contributed by atoms with Crippen LogP contribution in [0.4, 0.5) is 0 Å². The van der Waals surface area contributed by atoms with E-state index in [1.165, 1.54) is 64.2 Å². The first-order valence-corrected chi connectivity index (χ1v) is 6.98. The van der Waals surface area contributed by atoms with E-state index >= 15 is 0 Å². The molecule has 16 heavy (non-hydrogen) atoms. The molecule has 2 nitrogen and oxygen atoms in total. The van der Waals surface area contributed by atoms with Crippen molar-refractivity contribution in [2.24, 2.45) is 5.16 Å². The Morgan fingerprint density at radius 3 is 1.69 bits per heavy atom. The molecule has 1 N–H and O–H groups in total. The zero-order chi connectivity index (χ0) is 12.1. The molecule has 0 spiro atoms. The van der Waals surface area contributed by atoms with Crippen LogP contribution in [0.25, 0.3) is 0 Å². The average molecular weight is 227 g/mol. The minimum Gasteiger partial charge on any atom is -0.411 e. The molecule has 0 unspecified atom stereocenters. The Morgan fingerprint density at radius 1 is 0.812 bits per heavy atom. The smallest absolute Gasteiger partial charge is 0.0540 e. The zero-order valence-corrected chi connectivity index (χ0v) is 11.2. The molecule has 96 valence electrons. The summed E-state index contributed by atoms with van der Waals surface area (Å²) in [7, 11) is 0. The zero-order valence-electron chi connectivity index (χ0n) is 11.2. The van der Waals surface area contributed by atoms with Crippen LogP contribution in [0.3, 0.4) is 0 Å². The van der Waals surface area contributed by atoms with Crippen LogP contribution in [0.2, 0.25) is 0 Å². The summed E-state index contributed by atoms with van der Waals surface area (Å²) in [6, 6.07) is 0. The van der Waals surface area contributed by atoms with Gasteiger partial charge < -0.3 is 5.21 Å². The van der Waals surface area contributed by atoms with Crippen LogP contribution in [-0.4, -0.2) is 10.9 Å². The Hall–Kier alpha value is -0.530. The second-order valence-corrected chi connectivity index (χ2v) is 4.77. The topological polar surface area (TPSA) is 32.6 Å². The third-order valence-corrected chi connectivity index (χ3v) is 3.06. The molecule has 0 fully saturated rings. The minimum absolute atomic E-state index is 0.861. The van der Waals surface area contributed by atoms with Gasteiger partial charge in [0.1, 0.15) is 0 Å². The van der Waals surface area contributed by atoms with Crippen molar-refractivity contribution in [3.63, 3.8) is 0 Å². The normalized spacial score (nSPS) is 12.0. The maximum Gasteiger partial charge on any atom is 0.0540 e. The number of nitrogens with zero attached hydrogens (tertiary/aromatic N) is 1. The average Bonchev–Trinajstić information content (AvgIpc) is 2.31. The van der Waals surface area contributed by atoms with Crippen LogP contribution in [0.1, 0.15) is 84.5 Å². The molecule has 0 aliphatic carbocycles. The van der Waals surface area contributed by atoms with Gasteiger partial charge in [-0.15, -0.1) is 0 Å². The van der Waals surface area contributed by atoms with Gasteiger partial charge in [0.25, 0.3) is 0 Å². The maximum atomic E-state index is 8.47. The molecule has 0 bridgehead atoms. The summed E-state index contributed by atoms with van der Waals surface area (Å²) >= 11 is 0. The molecular weight excluding hydrogens is 198 g/mol. The molecule has 0 aliphatic heterocycles. The van der Waals surface area contributed by atoms with Crippen LogP contribution < -0.4 is 0 Å². The lowest BCUT2D eigenvalue weighted by Gasteiger charge is -2.01. The highest BCUT2D eigenvalue weighted by Gasteiger charge is 1.94. The Kier molecular flexibility index (Phi) is 12.1. The first kappa shape index (κ1) is 15.5. The minimum atomic E-state index is 0.861. The molecule has 0 amide bonds. The van der Waals surface area contributed by atoms with Crippen molar-refractivity contribution in [1.82, 2.24) is 0 Å². The van der Waals surface area contributed by atoms with E-state index in [1.807, 2.05) is 6.92 Å². The molecule has 0 rings (SSSR count). The van der Waals surface area contributed by atoms with E-state index in [1.54, 1.807) is 0 Å². The molecule has 0 atom stereocenters. The van der Waals surface area contributed by atoms with Gasteiger partial charge in [-0.3, -0.25) is 0 Å². The van der Waals surface area contributed by atoms with E-state index < -0.39 is 0 Å². The summed E-state index contributed by atoms with van der Waals surface area (Å²) in [5.41, 5.74) is 0.861. The van der Waals surface area contributed by atoms with Crippen LogP contribution in [0.5, 0.6) is 0 Å². The van der Waals surface area contributed by atoms with Crippen LogP contribution in [0, 0.1) is 0 Å². The number of rotatable bonds is 11. The molecule has 2 heteroatoms. The van der Waals surface area contributed by atoms with E-state index in [9.17, 15) is 0 Å². The van der Waals surface area contributed by atoms with Gasteiger partial charge in [0, 0.05) is 0 Å². The Bertz CT molecular complexity index is 166. The van der Waals surface area contributed by atoms with Crippen molar-refractivity contribution >= 4 is 5.71 Å². The largest absolute Gasteiger partial charge is 0.411 e. The van der Waals surface area contributed by atoms with Gasteiger partial charge in [0.2, 0.25) is 0 Å². The van der Waals surface area contributed by atoms with Gasteiger partial charge in [-0.05, 0) is 19.8 Å². The number of unbranched alkanes of at least 4 members (excludes halogenated alkanes) is 9. The lowest BCUT2D eigenvalue weighted by Crippen LogP contribution is -1.90. The van der Waals surface area contributed by atoms with Gasteiger partial charge in [0.05, 0.1) is 5.71 Å². The molecule has 0 aromatic rings. The summed E-state index contributed by atoms with van der Waals surface area (Å²) in [4.78, 5) is 0. The van der Waals surface area contributed by atoms with Crippen molar-refractivity contribution in [3.05, 3.63) is 0 Å². The molecule has 0 saturated carbocycles. The first-order chi connectivity index (χ1) is 7.81. The highest BCUT2D eigenvalue weighted by atomic mass is 16.4. The van der Waals surface area contributed by atoms with Gasteiger partial charge in [-0.2, -0.15) is 0 Å². The Balaban J connectivity index is 2.99. The monoisotopic (exact) mass is 227 g/mol. The number of hydrogen-bond donors (Lipinski definition) is 1. The number of hydrogen-bond acceptors (Lipinski definition) is 2. The molecule has 0 aromatic heterocycles. The Morgan fingerprint density at radius 2 is 1.25 bits per heavy atom. The van der Waals surface area contributed by atoms with Crippen LogP contribution >= 0.6 is 0 Å². The molecule has 0 aliphatic rings. The molecule has 0 heterocycles. The second kappa shape index (κ2) is 12.5. The fourth-order valence-electron chi connectivity index (χ4n) is 1.92. The standard InChI is InChI=1S/C14H29NO/c1-3-4-5-6-7-8-9-10-11-12-13-14(2)15-16/h16H,3-13H2,1-2H3/b15-14+. The summed E-state index contributed by atoms with van der Waals surface area (Å²) in [5, 5.41) is 11.6. The lowest BCUT2D eigenvalue weighted by molar-refractivity contribution is 0.317. The maximum absolute atomic E-state index is 8.47. The third-order valence-electron chi connectivity index (χ3n) is 3.06. The van der Waals surface area contributed by atoms with E-state index in [-0.39, 0.29) is 0 Å². The number of oxime groups is 1. The summed E-state index contributed by atoms with van der Waals surface area (Å²) in [6.07, 6.45) is 14.5. The van der Waals surface area contributed by atoms with Crippen LogP contribution in [-0.2, 0) is 0 Å². The second-order valence-electron chi connectivity index (χ2n) is 4.77. The summed E-state index contributed by atoms with van der Waals surface area (Å²) in [6.45, 7) is 4.14. The van der Waals surface area contributed by atoms with Crippen molar-refractivity contribution < 1.29 is 5.21 Å². The van der Waals surface area contributed by atoms with E-state index in [2.05, 4.69) is 12.1 Å². The van der Waals surface area contributed by atoms with E-state index in [0.717, 1.165) is 12.1 Å². The van der Waals surface area contributed by atoms with Gasteiger partial charge in [-0.1, -0.05) is 69.9 Å². The quantitative estimate of drug-likeness (QED) is 0.225. The van der Waals surface area contributed by atoms with Crippen molar-refractivity contribution in [2.75, 3.05) is 0 Å². The summed E-state index contributed by atoms with van der Waals surface area (Å²) < 4.78 is 0. The van der Waals surface area contributed by atoms with E-state index in [0.29, 0.717) is 0 Å². The first-order valence-electron chi connectivity index (χ1n) is 6.98. The molecule has 0 aromatic carbocycles. The van der Waals surface area contributed by atoms with Crippen LogP contribution in [0.15, 0.2) is 5.16 Å². The highest BCUT2D eigenvalue weighted by molar-refractivity contribution is 5.81.